The van der Waals surface area contributed by atoms with Gasteiger partial charge in [-0.25, -0.2) is 0 Å². The maximum absolute atomic E-state index is 12.5. The lowest BCUT2D eigenvalue weighted by molar-refractivity contribution is -0.191. The summed E-state index contributed by atoms with van der Waals surface area (Å²) >= 11 is 0. The molecule has 1 aliphatic rings. The average molecular weight is 330 g/mol. The zero-order valence-electron chi connectivity index (χ0n) is 12.3. The van der Waals surface area contributed by atoms with Crippen LogP contribution in [0.4, 0.5) is 13.2 Å². The Labute approximate surface area is 131 Å². The molecule has 2 unspecified atom stereocenters. The highest BCUT2D eigenvalue weighted by Crippen LogP contribution is 2.27. The zero-order chi connectivity index (χ0) is 17.0. The first-order valence-electron chi connectivity index (χ1n) is 7.09. The van der Waals surface area contributed by atoms with Gasteiger partial charge in [-0.1, -0.05) is 30.3 Å². The van der Waals surface area contributed by atoms with E-state index in [9.17, 15) is 22.8 Å². The van der Waals surface area contributed by atoms with Crippen molar-refractivity contribution in [2.45, 2.75) is 18.7 Å². The Morgan fingerprint density at radius 3 is 2.48 bits per heavy atom. The second kappa shape index (κ2) is 6.99. The van der Waals surface area contributed by atoms with Crippen molar-refractivity contribution in [1.82, 2.24) is 4.90 Å². The number of benzene rings is 1. The van der Waals surface area contributed by atoms with Gasteiger partial charge in [0.15, 0.2) is 6.10 Å². The van der Waals surface area contributed by atoms with Crippen LogP contribution in [0.1, 0.15) is 18.1 Å². The first-order valence-corrected chi connectivity index (χ1v) is 7.09. The summed E-state index contributed by atoms with van der Waals surface area (Å²) in [7, 11) is 0. The molecule has 2 rings (SSSR count). The molecule has 0 aliphatic carbocycles. The quantitative estimate of drug-likeness (QED) is 0.892. The Morgan fingerprint density at radius 1 is 1.30 bits per heavy atom. The number of alkyl halides is 3. The molecule has 2 N–H and O–H groups in total. The highest BCUT2D eigenvalue weighted by atomic mass is 19.4. The highest BCUT2D eigenvalue weighted by Gasteiger charge is 2.37. The first-order chi connectivity index (χ1) is 10.8. The Kier molecular flexibility index (Phi) is 5.25. The molecule has 1 aliphatic heterocycles. The van der Waals surface area contributed by atoms with E-state index >= 15 is 0 Å². The Balaban J connectivity index is 2.13. The van der Waals surface area contributed by atoms with E-state index in [1.54, 1.807) is 18.2 Å². The van der Waals surface area contributed by atoms with Crippen LogP contribution in [0.25, 0.3) is 0 Å². The molecule has 8 heteroatoms. The van der Waals surface area contributed by atoms with Crippen LogP contribution in [0.15, 0.2) is 30.3 Å². The molecule has 2 amide bonds. The third-order valence-corrected chi connectivity index (χ3v) is 3.64. The lowest BCUT2D eigenvalue weighted by atomic mass is 10.1. The summed E-state index contributed by atoms with van der Waals surface area (Å²) in [4.78, 5) is 25.0. The fraction of sp³-hybridized carbons (Fsp3) is 0.467. The molecule has 0 bridgehead atoms. The van der Waals surface area contributed by atoms with Crippen molar-refractivity contribution in [1.29, 1.82) is 0 Å². The number of hydrogen-bond donors (Lipinski definition) is 1. The number of carbonyl (C=O) groups excluding carboxylic acids is 2. The van der Waals surface area contributed by atoms with Crippen molar-refractivity contribution in [2.24, 2.45) is 11.7 Å². The molecule has 1 saturated heterocycles. The van der Waals surface area contributed by atoms with Crippen molar-refractivity contribution in [3.63, 3.8) is 0 Å². The van der Waals surface area contributed by atoms with Crippen LogP contribution in [-0.4, -0.2) is 42.6 Å². The molecule has 126 valence electrons. The maximum Gasteiger partial charge on any atom is 0.411 e. The van der Waals surface area contributed by atoms with E-state index < -0.39 is 36.6 Å². The van der Waals surface area contributed by atoms with E-state index in [1.807, 2.05) is 0 Å². The Bertz CT molecular complexity index is 563. The molecule has 0 spiro atoms. The Hall–Kier alpha value is -2.09. The molecule has 1 fully saturated rings. The van der Waals surface area contributed by atoms with Crippen LogP contribution in [0.2, 0.25) is 0 Å². The molecule has 2 atom stereocenters. The number of primary amides is 1. The van der Waals surface area contributed by atoms with Gasteiger partial charge in [-0.3, -0.25) is 9.59 Å². The normalized spacial score (nSPS) is 19.6. The van der Waals surface area contributed by atoms with Crippen LogP contribution in [0.3, 0.4) is 0 Å². The summed E-state index contributed by atoms with van der Waals surface area (Å²) in [6, 6.07) is 7.97. The second-order valence-corrected chi connectivity index (χ2v) is 5.39. The molecule has 0 aromatic heterocycles. The zero-order valence-corrected chi connectivity index (χ0v) is 12.3. The largest absolute Gasteiger partial charge is 0.411 e. The number of halogens is 3. The molecule has 1 aromatic carbocycles. The predicted molar refractivity (Wildman–Crippen MR) is 75.1 cm³/mol. The number of nitrogens with zero attached hydrogens (tertiary/aromatic N) is 1. The van der Waals surface area contributed by atoms with Gasteiger partial charge in [0.25, 0.3) is 5.91 Å². The van der Waals surface area contributed by atoms with E-state index in [2.05, 4.69) is 0 Å². The molecular formula is C15H17F3N2O3. The molecule has 0 saturated carbocycles. The summed E-state index contributed by atoms with van der Waals surface area (Å²) < 4.78 is 42.1. The highest BCUT2D eigenvalue weighted by molar-refractivity contribution is 5.84. The number of amides is 2. The maximum atomic E-state index is 12.5. The minimum atomic E-state index is -4.53. The van der Waals surface area contributed by atoms with Gasteiger partial charge in [-0.2, -0.15) is 13.2 Å². The van der Waals surface area contributed by atoms with Gasteiger partial charge in [-0.15, -0.1) is 0 Å². The van der Waals surface area contributed by atoms with Gasteiger partial charge in [0.1, 0.15) is 6.61 Å². The smallest absolute Gasteiger partial charge is 0.369 e. The second-order valence-electron chi connectivity index (χ2n) is 5.39. The number of ether oxygens (including phenoxy) is 1. The van der Waals surface area contributed by atoms with E-state index in [4.69, 9.17) is 10.5 Å². The van der Waals surface area contributed by atoms with Gasteiger partial charge in [0.05, 0.1) is 5.92 Å². The number of hydrogen-bond acceptors (Lipinski definition) is 3. The lowest BCUT2D eigenvalue weighted by Gasteiger charge is -2.24. The summed E-state index contributed by atoms with van der Waals surface area (Å²) in [5.41, 5.74) is 5.54. The van der Waals surface area contributed by atoms with Gasteiger partial charge in [0.2, 0.25) is 5.91 Å². The SMILES string of the molecule is NC(=O)C1CCN(C(=O)C(OCC(F)(F)F)c2ccccc2)C1. The van der Waals surface area contributed by atoms with Crippen molar-refractivity contribution in [3.8, 4) is 0 Å². The topological polar surface area (TPSA) is 72.6 Å². The van der Waals surface area contributed by atoms with Gasteiger partial charge < -0.3 is 15.4 Å². The molecule has 5 nitrogen and oxygen atoms in total. The van der Waals surface area contributed by atoms with Gasteiger partial charge in [-0.05, 0) is 12.0 Å². The minimum Gasteiger partial charge on any atom is -0.369 e. The van der Waals surface area contributed by atoms with Crippen LogP contribution < -0.4 is 5.73 Å². The molecule has 1 aromatic rings. The monoisotopic (exact) mass is 330 g/mol. The molecule has 0 radical (unpaired) electrons. The van der Waals surface area contributed by atoms with Gasteiger partial charge in [0, 0.05) is 13.1 Å². The average Bonchev–Trinajstić information content (AvgIpc) is 2.97. The summed E-state index contributed by atoms with van der Waals surface area (Å²) in [6.45, 7) is -1.15. The third-order valence-electron chi connectivity index (χ3n) is 3.64. The lowest BCUT2D eigenvalue weighted by Crippen LogP contribution is -2.37. The number of nitrogens with two attached hydrogens (primary N) is 1. The van der Waals surface area contributed by atoms with Crippen molar-refractivity contribution in [2.75, 3.05) is 19.7 Å². The minimum absolute atomic E-state index is 0.104. The van der Waals surface area contributed by atoms with E-state index in [0.29, 0.717) is 12.0 Å². The van der Waals surface area contributed by atoms with E-state index in [1.165, 1.54) is 17.0 Å². The third kappa shape index (κ3) is 4.69. The first kappa shape index (κ1) is 17.3. The molecule has 1 heterocycles. The summed E-state index contributed by atoms with van der Waals surface area (Å²) in [5.74, 6) is -1.59. The van der Waals surface area contributed by atoms with Crippen molar-refractivity contribution < 1.29 is 27.5 Å². The Morgan fingerprint density at radius 2 is 1.96 bits per heavy atom. The van der Waals surface area contributed by atoms with Crippen molar-refractivity contribution in [3.05, 3.63) is 35.9 Å². The standard InChI is InChI=1S/C15H17F3N2O3/c16-15(17,18)9-23-12(10-4-2-1-3-5-10)14(22)20-7-6-11(8-20)13(19)21/h1-5,11-12H,6-9H2,(H2,19,21). The number of rotatable bonds is 5. The number of carbonyl (C=O) groups is 2. The van der Waals surface area contributed by atoms with Crippen LogP contribution in [0.5, 0.6) is 0 Å². The summed E-state index contributed by atoms with van der Waals surface area (Å²) in [6.07, 6.45) is -5.49. The summed E-state index contributed by atoms with van der Waals surface area (Å²) in [5, 5.41) is 0. The molecular weight excluding hydrogens is 313 g/mol. The van der Waals surface area contributed by atoms with E-state index in [0.717, 1.165) is 0 Å². The number of likely N-dealkylation sites (tertiary alicyclic amines) is 1. The van der Waals surface area contributed by atoms with Crippen LogP contribution in [0, 0.1) is 5.92 Å². The van der Waals surface area contributed by atoms with Crippen LogP contribution in [-0.2, 0) is 14.3 Å². The van der Waals surface area contributed by atoms with Crippen LogP contribution >= 0.6 is 0 Å². The van der Waals surface area contributed by atoms with Gasteiger partial charge >= 0.3 is 6.18 Å². The fourth-order valence-corrected chi connectivity index (χ4v) is 2.47. The predicted octanol–water partition coefficient (Wildman–Crippen LogP) is 1.64. The molecule has 23 heavy (non-hydrogen) atoms. The van der Waals surface area contributed by atoms with Crippen molar-refractivity contribution >= 4 is 11.8 Å². The fourth-order valence-electron chi connectivity index (χ4n) is 2.47. The van der Waals surface area contributed by atoms with E-state index in [-0.39, 0.29) is 13.1 Å².